The number of unbranched alkanes of at least 4 members (excludes halogenated alkanes) is 2. The first-order valence-corrected chi connectivity index (χ1v) is 6.21. The second-order valence-electron chi connectivity index (χ2n) is 4.26. The summed E-state index contributed by atoms with van der Waals surface area (Å²) < 4.78 is 1.92. The minimum Gasteiger partial charge on any atom is -0.299 e. The molecule has 0 spiro atoms. The molecular formula is C11H23N5. The van der Waals surface area contributed by atoms with E-state index in [1.807, 2.05) is 4.68 Å². The van der Waals surface area contributed by atoms with Gasteiger partial charge in [-0.15, -0.1) is 5.10 Å². The summed E-state index contributed by atoms with van der Waals surface area (Å²) in [5, 5.41) is 11.8. The summed E-state index contributed by atoms with van der Waals surface area (Å²) >= 11 is 0. The predicted molar refractivity (Wildman–Crippen MR) is 64.0 cm³/mol. The van der Waals surface area contributed by atoms with Crippen LogP contribution in [0, 0.1) is 0 Å². The minimum atomic E-state index is 0.844. The Labute approximate surface area is 97.8 Å². The van der Waals surface area contributed by atoms with Crippen LogP contribution in [0.3, 0.4) is 0 Å². The molecule has 5 nitrogen and oxygen atoms in total. The van der Waals surface area contributed by atoms with Gasteiger partial charge in [-0.25, -0.2) is 4.68 Å². The highest BCUT2D eigenvalue weighted by atomic mass is 15.5. The Kier molecular flexibility index (Phi) is 6.00. The van der Waals surface area contributed by atoms with Crippen LogP contribution >= 0.6 is 0 Å². The Hall–Kier alpha value is -0.970. The highest BCUT2D eigenvalue weighted by molar-refractivity contribution is 4.80. The van der Waals surface area contributed by atoms with E-state index in [2.05, 4.69) is 41.3 Å². The van der Waals surface area contributed by atoms with Crippen LogP contribution in [0.15, 0.2) is 0 Å². The van der Waals surface area contributed by atoms with Crippen molar-refractivity contribution in [2.24, 2.45) is 0 Å². The van der Waals surface area contributed by atoms with Crippen LogP contribution in [-0.2, 0) is 13.1 Å². The smallest absolute Gasteiger partial charge is 0.165 e. The molecule has 0 bridgehead atoms. The third-order valence-electron chi connectivity index (χ3n) is 2.63. The van der Waals surface area contributed by atoms with Gasteiger partial charge >= 0.3 is 0 Å². The first-order chi connectivity index (χ1) is 7.77. The van der Waals surface area contributed by atoms with Gasteiger partial charge in [-0.1, -0.05) is 26.7 Å². The molecule has 0 aromatic carbocycles. The van der Waals surface area contributed by atoms with Crippen LogP contribution in [0.4, 0.5) is 0 Å². The summed E-state index contributed by atoms with van der Waals surface area (Å²) in [5.41, 5.74) is 0. The normalized spacial score (nSPS) is 11.2. The van der Waals surface area contributed by atoms with E-state index in [1.165, 1.54) is 19.3 Å². The monoisotopic (exact) mass is 225 g/mol. The van der Waals surface area contributed by atoms with Crippen molar-refractivity contribution in [2.75, 3.05) is 13.6 Å². The zero-order valence-electron chi connectivity index (χ0n) is 10.7. The van der Waals surface area contributed by atoms with Crippen LogP contribution in [-0.4, -0.2) is 38.7 Å². The quantitative estimate of drug-likeness (QED) is 0.675. The second-order valence-corrected chi connectivity index (χ2v) is 4.26. The van der Waals surface area contributed by atoms with E-state index in [9.17, 15) is 0 Å². The number of rotatable bonds is 8. The van der Waals surface area contributed by atoms with Crippen molar-refractivity contribution < 1.29 is 0 Å². The fraction of sp³-hybridized carbons (Fsp3) is 0.909. The summed E-state index contributed by atoms with van der Waals surface area (Å²) in [5.74, 6) is 0.979. The molecule has 0 N–H and O–H groups in total. The molecule has 0 saturated carbocycles. The maximum Gasteiger partial charge on any atom is 0.165 e. The van der Waals surface area contributed by atoms with E-state index in [4.69, 9.17) is 0 Å². The van der Waals surface area contributed by atoms with Gasteiger partial charge in [0.25, 0.3) is 0 Å². The summed E-state index contributed by atoms with van der Waals surface area (Å²) in [7, 11) is 2.12. The van der Waals surface area contributed by atoms with Crippen molar-refractivity contribution in [3.05, 3.63) is 5.82 Å². The highest BCUT2D eigenvalue weighted by Crippen LogP contribution is 2.01. The Morgan fingerprint density at radius 1 is 1.19 bits per heavy atom. The van der Waals surface area contributed by atoms with Crippen LogP contribution in [0.2, 0.25) is 0 Å². The van der Waals surface area contributed by atoms with Gasteiger partial charge in [0, 0.05) is 6.54 Å². The molecule has 1 aromatic rings. The van der Waals surface area contributed by atoms with Crippen molar-refractivity contribution in [3.63, 3.8) is 0 Å². The number of aromatic nitrogens is 4. The Balaban J connectivity index is 2.42. The Morgan fingerprint density at radius 2 is 1.94 bits per heavy atom. The van der Waals surface area contributed by atoms with E-state index in [-0.39, 0.29) is 0 Å². The third-order valence-corrected chi connectivity index (χ3v) is 2.63. The van der Waals surface area contributed by atoms with Crippen LogP contribution < -0.4 is 0 Å². The van der Waals surface area contributed by atoms with Crippen molar-refractivity contribution in [2.45, 2.75) is 52.6 Å². The molecule has 1 heterocycles. The van der Waals surface area contributed by atoms with E-state index < -0.39 is 0 Å². The Morgan fingerprint density at radius 3 is 2.62 bits per heavy atom. The van der Waals surface area contributed by atoms with Gasteiger partial charge in [0.2, 0.25) is 0 Å². The van der Waals surface area contributed by atoms with Crippen molar-refractivity contribution in [3.8, 4) is 0 Å². The molecule has 0 atom stereocenters. The fourth-order valence-electron chi connectivity index (χ4n) is 1.57. The number of nitrogens with zero attached hydrogens (tertiary/aromatic N) is 5. The maximum atomic E-state index is 4.08. The summed E-state index contributed by atoms with van der Waals surface area (Å²) in [6.45, 7) is 7.27. The van der Waals surface area contributed by atoms with Crippen molar-refractivity contribution >= 4 is 0 Å². The fourth-order valence-corrected chi connectivity index (χ4v) is 1.57. The van der Waals surface area contributed by atoms with Gasteiger partial charge < -0.3 is 0 Å². The van der Waals surface area contributed by atoms with E-state index in [0.717, 1.165) is 31.9 Å². The standard InChI is InChI=1S/C11H23N5/c1-4-6-8-15(3)10-11-12-13-14-16(11)9-7-5-2/h4-10H2,1-3H3. The second kappa shape index (κ2) is 7.33. The number of hydrogen-bond acceptors (Lipinski definition) is 4. The third kappa shape index (κ3) is 4.26. The van der Waals surface area contributed by atoms with Gasteiger partial charge in [0.15, 0.2) is 5.82 Å². The average molecular weight is 225 g/mol. The molecule has 0 fully saturated rings. The molecule has 0 aliphatic rings. The van der Waals surface area contributed by atoms with Gasteiger partial charge in [-0.2, -0.15) is 0 Å². The number of hydrogen-bond donors (Lipinski definition) is 0. The lowest BCUT2D eigenvalue weighted by molar-refractivity contribution is 0.304. The molecule has 16 heavy (non-hydrogen) atoms. The molecule has 5 heteroatoms. The van der Waals surface area contributed by atoms with E-state index >= 15 is 0 Å². The molecule has 0 saturated heterocycles. The van der Waals surface area contributed by atoms with Gasteiger partial charge in [-0.3, -0.25) is 4.90 Å². The summed E-state index contributed by atoms with van der Waals surface area (Å²) in [6.07, 6.45) is 4.76. The van der Waals surface area contributed by atoms with Crippen LogP contribution in [0.1, 0.15) is 45.4 Å². The molecule has 0 aliphatic heterocycles. The maximum absolute atomic E-state index is 4.08. The Bertz CT molecular complexity index is 284. The van der Waals surface area contributed by atoms with Crippen molar-refractivity contribution in [1.29, 1.82) is 0 Å². The zero-order valence-corrected chi connectivity index (χ0v) is 10.7. The summed E-state index contributed by atoms with van der Waals surface area (Å²) in [4.78, 5) is 2.28. The minimum absolute atomic E-state index is 0.844. The SMILES string of the molecule is CCCCN(C)Cc1nnnn1CCCC. The lowest BCUT2D eigenvalue weighted by Gasteiger charge is -2.15. The number of aryl methyl sites for hydroxylation is 1. The predicted octanol–water partition coefficient (Wildman–Crippen LogP) is 1.71. The van der Waals surface area contributed by atoms with Crippen molar-refractivity contribution in [1.82, 2.24) is 25.1 Å². The molecule has 0 unspecified atom stereocenters. The highest BCUT2D eigenvalue weighted by Gasteiger charge is 2.08. The van der Waals surface area contributed by atoms with Crippen LogP contribution in [0.25, 0.3) is 0 Å². The van der Waals surface area contributed by atoms with Gasteiger partial charge in [0.05, 0.1) is 6.54 Å². The molecule has 92 valence electrons. The van der Waals surface area contributed by atoms with Crippen LogP contribution in [0.5, 0.6) is 0 Å². The van der Waals surface area contributed by atoms with E-state index in [1.54, 1.807) is 0 Å². The molecule has 0 aliphatic carbocycles. The first kappa shape index (κ1) is 13.1. The molecule has 0 amide bonds. The number of tetrazole rings is 1. The van der Waals surface area contributed by atoms with E-state index in [0.29, 0.717) is 0 Å². The molecule has 1 rings (SSSR count). The lowest BCUT2D eigenvalue weighted by Crippen LogP contribution is -2.22. The topological polar surface area (TPSA) is 46.8 Å². The molecular weight excluding hydrogens is 202 g/mol. The first-order valence-electron chi connectivity index (χ1n) is 6.21. The lowest BCUT2D eigenvalue weighted by atomic mass is 10.3. The summed E-state index contributed by atoms with van der Waals surface area (Å²) in [6, 6.07) is 0. The molecule has 1 aromatic heterocycles. The zero-order chi connectivity index (χ0) is 11.8. The van der Waals surface area contributed by atoms with Gasteiger partial charge in [0.1, 0.15) is 0 Å². The van der Waals surface area contributed by atoms with Gasteiger partial charge in [-0.05, 0) is 36.9 Å². The molecule has 0 radical (unpaired) electrons. The largest absolute Gasteiger partial charge is 0.299 e. The average Bonchev–Trinajstić information content (AvgIpc) is 2.71.